The van der Waals surface area contributed by atoms with Crippen LogP contribution in [0.1, 0.15) is 25.3 Å². The maximum atomic E-state index is 9.36. The number of aliphatic hydroxyl groups is 2. The zero-order valence-corrected chi connectivity index (χ0v) is 14.0. The van der Waals surface area contributed by atoms with Crippen LogP contribution >= 0.6 is 0 Å². The lowest BCUT2D eigenvalue weighted by atomic mass is 9.92. The van der Waals surface area contributed by atoms with E-state index in [9.17, 15) is 10.2 Å². The summed E-state index contributed by atoms with van der Waals surface area (Å²) < 4.78 is 5.30. The van der Waals surface area contributed by atoms with Crippen LogP contribution < -0.4 is 0 Å². The molecule has 0 saturated heterocycles. The Morgan fingerprint density at radius 3 is 2.39 bits per heavy atom. The standard InChI is InChI=1S/C17H25N3O3/c1-4-13-5-7-14(8-6-13)16-18-15(23-19-16)9-20(3)10-17(2,11-21)12-22/h5-8,21-22H,4,9-12H2,1-3H3. The Kier molecular flexibility index (Phi) is 5.87. The molecule has 0 bridgehead atoms. The molecule has 6 heteroatoms. The van der Waals surface area contributed by atoms with Crippen LogP contribution in [0.3, 0.4) is 0 Å². The van der Waals surface area contributed by atoms with Gasteiger partial charge in [0.15, 0.2) is 0 Å². The van der Waals surface area contributed by atoms with Crippen molar-refractivity contribution in [1.82, 2.24) is 15.0 Å². The van der Waals surface area contributed by atoms with Crippen molar-refractivity contribution in [1.29, 1.82) is 0 Å². The van der Waals surface area contributed by atoms with Crippen molar-refractivity contribution < 1.29 is 14.7 Å². The van der Waals surface area contributed by atoms with Gasteiger partial charge in [-0.25, -0.2) is 0 Å². The minimum atomic E-state index is -0.548. The number of hydrogen-bond donors (Lipinski definition) is 2. The van der Waals surface area contributed by atoms with Crippen LogP contribution in [0.25, 0.3) is 11.4 Å². The second-order valence-electron chi connectivity index (χ2n) is 6.36. The molecule has 0 saturated carbocycles. The highest BCUT2D eigenvalue weighted by molar-refractivity contribution is 5.54. The summed E-state index contributed by atoms with van der Waals surface area (Å²) in [5.41, 5.74) is 1.65. The van der Waals surface area contributed by atoms with E-state index < -0.39 is 5.41 Å². The van der Waals surface area contributed by atoms with Gasteiger partial charge in [0.25, 0.3) is 0 Å². The first-order valence-corrected chi connectivity index (χ1v) is 7.82. The van der Waals surface area contributed by atoms with Crippen molar-refractivity contribution in [3.63, 3.8) is 0 Å². The predicted octanol–water partition coefficient (Wildman–Crippen LogP) is 1.72. The second-order valence-corrected chi connectivity index (χ2v) is 6.36. The molecule has 6 nitrogen and oxygen atoms in total. The van der Waals surface area contributed by atoms with Crippen LogP contribution in [0, 0.1) is 5.41 Å². The van der Waals surface area contributed by atoms with Gasteiger partial charge in [-0.15, -0.1) is 0 Å². The van der Waals surface area contributed by atoms with E-state index in [2.05, 4.69) is 29.2 Å². The lowest BCUT2D eigenvalue weighted by Gasteiger charge is -2.29. The topological polar surface area (TPSA) is 82.6 Å². The van der Waals surface area contributed by atoms with Crippen LogP contribution in [0.5, 0.6) is 0 Å². The van der Waals surface area contributed by atoms with E-state index in [0.29, 0.717) is 24.8 Å². The summed E-state index contributed by atoms with van der Waals surface area (Å²) >= 11 is 0. The van der Waals surface area contributed by atoms with Gasteiger partial charge in [-0.2, -0.15) is 4.98 Å². The molecule has 0 aliphatic heterocycles. The number of rotatable bonds is 8. The Hall–Kier alpha value is -1.76. The van der Waals surface area contributed by atoms with Gasteiger partial charge in [0.1, 0.15) is 0 Å². The Labute approximate surface area is 136 Å². The highest BCUT2D eigenvalue weighted by Crippen LogP contribution is 2.19. The zero-order chi connectivity index (χ0) is 16.9. The lowest BCUT2D eigenvalue weighted by Crippen LogP contribution is -2.38. The van der Waals surface area contributed by atoms with Gasteiger partial charge in [-0.1, -0.05) is 43.3 Å². The van der Waals surface area contributed by atoms with E-state index in [1.807, 2.05) is 31.0 Å². The van der Waals surface area contributed by atoms with Crippen molar-refractivity contribution >= 4 is 0 Å². The number of benzene rings is 1. The van der Waals surface area contributed by atoms with Crippen molar-refractivity contribution in [3.05, 3.63) is 35.7 Å². The third kappa shape index (κ3) is 4.60. The molecule has 2 N–H and O–H groups in total. The summed E-state index contributed by atoms with van der Waals surface area (Å²) in [6.07, 6.45) is 0.997. The molecule has 0 spiro atoms. The number of aromatic nitrogens is 2. The molecule has 0 radical (unpaired) electrons. The molecule has 23 heavy (non-hydrogen) atoms. The van der Waals surface area contributed by atoms with E-state index in [1.54, 1.807) is 0 Å². The quantitative estimate of drug-likeness (QED) is 0.771. The van der Waals surface area contributed by atoms with Gasteiger partial charge in [-0.05, 0) is 19.0 Å². The summed E-state index contributed by atoms with van der Waals surface area (Å²) in [4.78, 5) is 6.36. The van der Waals surface area contributed by atoms with Crippen molar-refractivity contribution in [2.24, 2.45) is 5.41 Å². The molecule has 0 amide bonds. The SMILES string of the molecule is CCc1ccc(-c2noc(CN(C)CC(C)(CO)CO)n2)cc1. The van der Waals surface area contributed by atoms with Gasteiger partial charge in [0, 0.05) is 17.5 Å². The van der Waals surface area contributed by atoms with Gasteiger partial charge in [0.05, 0.1) is 19.8 Å². The first kappa shape index (κ1) is 17.6. The average molecular weight is 319 g/mol. The van der Waals surface area contributed by atoms with Gasteiger partial charge in [0.2, 0.25) is 11.7 Å². The summed E-state index contributed by atoms with van der Waals surface area (Å²) in [5.74, 6) is 1.09. The molecule has 2 aromatic rings. The number of nitrogens with zero attached hydrogens (tertiary/aromatic N) is 3. The van der Waals surface area contributed by atoms with E-state index in [-0.39, 0.29) is 13.2 Å². The van der Waals surface area contributed by atoms with E-state index >= 15 is 0 Å². The zero-order valence-electron chi connectivity index (χ0n) is 14.0. The second kappa shape index (κ2) is 7.68. The van der Waals surface area contributed by atoms with Crippen LogP contribution in [0.15, 0.2) is 28.8 Å². The minimum absolute atomic E-state index is 0.0767. The molecule has 2 rings (SSSR count). The van der Waals surface area contributed by atoms with Gasteiger partial charge >= 0.3 is 0 Å². The fourth-order valence-electron chi connectivity index (χ4n) is 2.41. The molecule has 0 unspecified atom stereocenters. The van der Waals surface area contributed by atoms with E-state index in [1.165, 1.54) is 5.56 Å². The molecule has 0 fully saturated rings. The van der Waals surface area contributed by atoms with E-state index in [0.717, 1.165) is 12.0 Å². The number of aryl methyl sites for hydroxylation is 1. The maximum Gasteiger partial charge on any atom is 0.241 e. The Bertz CT molecular complexity index is 606. The largest absolute Gasteiger partial charge is 0.396 e. The molecule has 1 aromatic heterocycles. The van der Waals surface area contributed by atoms with Crippen LogP contribution in [0.4, 0.5) is 0 Å². The predicted molar refractivity (Wildman–Crippen MR) is 87.7 cm³/mol. The molecule has 126 valence electrons. The number of aliphatic hydroxyl groups excluding tert-OH is 2. The van der Waals surface area contributed by atoms with Gasteiger partial charge < -0.3 is 14.7 Å². The Morgan fingerprint density at radius 1 is 1.17 bits per heavy atom. The number of hydrogen-bond acceptors (Lipinski definition) is 6. The van der Waals surface area contributed by atoms with Crippen LogP contribution in [-0.2, 0) is 13.0 Å². The third-order valence-electron chi connectivity index (χ3n) is 3.91. The lowest BCUT2D eigenvalue weighted by molar-refractivity contribution is 0.0378. The first-order chi connectivity index (χ1) is 11.0. The molecular formula is C17H25N3O3. The summed E-state index contributed by atoms with van der Waals surface area (Å²) in [6.45, 7) is 4.79. The molecule has 0 atom stereocenters. The fourth-order valence-corrected chi connectivity index (χ4v) is 2.41. The minimum Gasteiger partial charge on any atom is -0.396 e. The van der Waals surface area contributed by atoms with E-state index in [4.69, 9.17) is 4.52 Å². The Balaban J connectivity index is 2.01. The summed E-state index contributed by atoms with van der Waals surface area (Å²) in [5, 5.41) is 22.7. The first-order valence-electron chi connectivity index (χ1n) is 7.82. The fraction of sp³-hybridized carbons (Fsp3) is 0.529. The summed E-state index contributed by atoms with van der Waals surface area (Å²) in [6, 6.07) is 8.11. The third-order valence-corrected chi connectivity index (χ3v) is 3.91. The van der Waals surface area contributed by atoms with Crippen molar-refractivity contribution in [2.75, 3.05) is 26.8 Å². The van der Waals surface area contributed by atoms with Crippen LogP contribution in [-0.4, -0.2) is 52.1 Å². The van der Waals surface area contributed by atoms with Crippen molar-refractivity contribution in [3.8, 4) is 11.4 Å². The maximum absolute atomic E-state index is 9.36. The molecular weight excluding hydrogens is 294 g/mol. The molecule has 1 aromatic carbocycles. The average Bonchev–Trinajstić information content (AvgIpc) is 3.03. The van der Waals surface area contributed by atoms with Crippen LogP contribution in [0.2, 0.25) is 0 Å². The summed E-state index contributed by atoms with van der Waals surface area (Å²) in [7, 11) is 1.89. The Morgan fingerprint density at radius 2 is 1.83 bits per heavy atom. The highest BCUT2D eigenvalue weighted by atomic mass is 16.5. The molecule has 0 aliphatic rings. The molecule has 0 aliphatic carbocycles. The monoisotopic (exact) mass is 319 g/mol. The highest BCUT2D eigenvalue weighted by Gasteiger charge is 2.25. The normalized spacial score (nSPS) is 12.1. The van der Waals surface area contributed by atoms with Crippen molar-refractivity contribution in [2.45, 2.75) is 26.8 Å². The van der Waals surface area contributed by atoms with Gasteiger partial charge in [-0.3, -0.25) is 4.90 Å². The molecule has 1 heterocycles. The smallest absolute Gasteiger partial charge is 0.241 e.